The first-order valence-electron chi connectivity index (χ1n) is 7.24. The number of aromatic nitrogens is 3. The van der Waals surface area contributed by atoms with Crippen molar-refractivity contribution in [1.29, 1.82) is 0 Å². The van der Waals surface area contributed by atoms with Gasteiger partial charge in [0.15, 0.2) is 0 Å². The SMILES string of the molecule is CNCc1cn(C2CCN([C@H]3CCSC3)CC2)nn1. The number of hydrogen-bond acceptors (Lipinski definition) is 5. The molecule has 2 aliphatic rings. The highest BCUT2D eigenvalue weighted by Crippen LogP contribution is 2.28. The van der Waals surface area contributed by atoms with Gasteiger partial charge in [-0.1, -0.05) is 5.21 Å². The summed E-state index contributed by atoms with van der Waals surface area (Å²) in [6.45, 7) is 3.24. The molecule has 0 unspecified atom stereocenters. The number of thioether (sulfide) groups is 1. The van der Waals surface area contributed by atoms with Gasteiger partial charge in [-0.3, -0.25) is 4.90 Å². The molecular formula is C13H23N5S. The van der Waals surface area contributed by atoms with Crippen LogP contribution in [0.2, 0.25) is 0 Å². The molecule has 0 aromatic carbocycles. The first kappa shape index (κ1) is 13.4. The molecule has 1 atom stereocenters. The fourth-order valence-electron chi connectivity index (χ4n) is 3.08. The van der Waals surface area contributed by atoms with Crippen LogP contribution in [0.4, 0.5) is 0 Å². The van der Waals surface area contributed by atoms with Crippen LogP contribution in [0, 0.1) is 0 Å². The third-order valence-electron chi connectivity index (χ3n) is 4.21. The van der Waals surface area contributed by atoms with Gasteiger partial charge in [-0.05, 0) is 32.1 Å². The lowest BCUT2D eigenvalue weighted by atomic mass is 10.0. The summed E-state index contributed by atoms with van der Waals surface area (Å²) in [5, 5.41) is 11.6. The second-order valence-electron chi connectivity index (χ2n) is 5.50. The molecule has 5 nitrogen and oxygen atoms in total. The van der Waals surface area contributed by atoms with Gasteiger partial charge >= 0.3 is 0 Å². The van der Waals surface area contributed by atoms with Crippen molar-refractivity contribution >= 4 is 11.8 Å². The van der Waals surface area contributed by atoms with E-state index in [1.165, 1.54) is 43.9 Å². The Hall–Kier alpha value is -0.590. The second kappa shape index (κ2) is 6.24. The van der Waals surface area contributed by atoms with Gasteiger partial charge in [0.25, 0.3) is 0 Å². The average Bonchev–Trinajstić information content (AvgIpc) is 3.10. The zero-order chi connectivity index (χ0) is 13.1. The summed E-state index contributed by atoms with van der Waals surface area (Å²) in [4.78, 5) is 2.68. The van der Waals surface area contributed by atoms with Crippen LogP contribution in [0.25, 0.3) is 0 Å². The molecule has 0 amide bonds. The number of rotatable bonds is 4. The minimum absolute atomic E-state index is 0.545. The summed E-state index contributed by atoms with van der Waals surface area (Å²) >= 11 is 2.11. The highest BCUT2D eigenvalue weighted by atomic mass is 32.2. The topological polar surface area (TPSA) is 46.0 Å². The molecule has 106 valence electrons. The minimum atomic E-state index is 0.545. The molecule has 0 bridgehead atoms. The van der Waals surface area contributed by atoms with Crippen molar-refractivity contribution in [3.8, 4) is 0 Å². The van der Waals surface area contributed by atoms with Gasteiger partial charge in [-0.25, -0.2) is 4.68 Å². The van der Waals surface area contributed by atoms with E-state index in [1.54, 1.807) is 0 Å². The van der Waals surface area contributed by atoms with E-state index in [0.717, 1.165) is 18.3 Å². The zero-order valence-electron chi connectivity index (χ0n) is 11.6. The summed E-state index contributed by atoms with van der Waals surface area (Å²) in [7, 11) is 1.94. The van der Waals surface area contributed by atoms with Crippen molar-refractivity contribution in [3.05, 3.63) is 11.9 Å². The smallest absolute Gasteiger partial charge is 0.0964 e. The predicted octanol–water partition coefficient (Wildman–Crippen LogP) is 1.14. The van der Waals surface area contributed by atoms with Crippen molar-refractivity contribution in [2.24, 2.45) is 0 Å². The maximum atomic E-state index is 4.29. The Bertz CT molecular complexity index is 393. The lowest BCUT2D eigenvalue weighted by Crippen LogP contribution is -2.42. The molecule has 0 spiro atoms. The third-order valence-corrected chi connectivity index (χ3v) is 5.36. The summed E-state index contributed by atoms with van der Waals surface area (Å²) in [5.74, 6) is 2.68. The van der Waals surface area contributed by atoms with Crippen molar-refractivity contribution in [1.82, 2.24) is 25.2 Å². The molecule has 3 rings (SSSR count). The number of nitrogens with zero attached hydrogens (tertiary/aromatic N) is 4. The summed E-state index contributed by atoms with van der Waals surface area (Å²) in [6, 6.07) is 1.38. The highest BCUT2D eigenvalue weighted by molar-refractivity contribution is 7.99. The van der Waals surface area contributed by atoms with Crippen molar-refractivity contribution in [2.45, 2.75) is 37.9 Å². The molecule has 1 aromatic heterocycles. The Kier molecular flexibility index (Phi) is 4.40. The fraction of sp³-hybridized carbons (Fsp3) is 0.846. The maximum absolute atomic E-state index is 4.29. The van der Waals surface area contributed by atoms with Gasteiger partial charge in [0, 0.05) is 31.4 Å². The van der Waals surface area contributed by atoms with E-state index in [1.807, 2.05) is 7.05 Å². The first-order chi connectivity index (χ1) is 9.36. The van der Waals surface area contributed by atoms with Crippen LogP contribution in [0.1, 0.15) is 31.0 Å². The van der Waals surface area contributed by atoms with Crippen LogP contribution in [-0.4, -0.2) is 57.6 Å². The summed E-state index contributed by atoms with van der Waals surface area (Å²) in [6.07, 6.45) is 5.90. The zero-order valence-corrected chi connectivity index (χ0v) is 12.4. The molecule has 19 heavy (non-hydrogen) atoms. The van der Waals surface area contributed by atoms with E-state index in [0.29, 0.717) is 6.04 Å². The van der Waals surface area contributed by atoms with Crippen LogP contribution in [0.15, 0.2) is 6.20 Å². The fourth-order valence-corrected chi connectivity index (χ4v) is 4.33. The number of hydrogen-bond donors (Lipinski definition) is 1. The van der Waals surface area contributed by atoms with Gasteiger partial charge < -0.3 is 5.32 Å². The van der Waals surface area contributed by atoms with Gasteiger partial charge in [0.1, 0.15) is 0 Å². The Morgan fingerprint density at radius 1 is 1.32 bits per heavy atom. The lowest BCUT2D eigenvalue weighted by molar-refractivity contribution is 0.141. The molecule has 2 fully saturated rings. The van der Waals surface area contributed by atoms with Gasteiger partial charge in [-0.2, -0.15) is 11.8 Å². The molecule has 2 aliphatic heterocycles. The van der Waals surface area contributed by atoms with Crippen LogP contribution < -0.4 is 5.32 Å². The number of likely N-dealkylation sites (tertiary alicyclic amines) is 1. The van der Waals surface area contributed by atoms with Crippen LogP contribution >= 0.6 is 11.8 Å². The monoisotopic (exact) mass is 281 g/mol. The number of nitrogens with one attached hydrogen (secondary N) is 1. The molecule has 1 aromatic rings. The number of piperidine rings is 1. The quantitative estimate of drug-likeness (QED) is 0.897. The molecule has 1 N–H and O–H groups in total. The van der Waals surface area contributed by atoms with Crippen LogP contribution in [0.5, 0.6) is 0 Å². The van der Waals surface area contributed by atoms with Crippen LogP contribution in [-0.2, 0) is 6.54 Å². The normalized spacial score (nSPS) is 26.1. The van der Waals surface area contributed by atoms with Crippen molar-refractivity contribution in [3.63, 3.8) is 0 Å². The Morgan fingerprint density at radius 2 is 2.16 bits per heavy atom. The van der Waals surface area contributed by atoms with Crippen molar-refractivity contribution in [2.75, 3.05) is 31.6 Å². The molecule has 3 heterocycles. The largest absolute Gasteiger partial charge is 0.314 e. The van der Waals surface area contributed by atoms with E-state index in [4.69, 9.17) is 0 Å². The molecule has 2 saturated heterocycles. The highest BCUT2D eigenvalue weighted by Gasteiger charge is 2.28. The first-order valence-corrected chi connectivity index (χ1v) is 8.39. The van der Waals surface area contributed by atoms with E-state index in [-0.39, 0.29) is 0 Å². The average molecular weight is 281 g/mol. The van der Waals surface area contributed by atoms with E-state index < -0.39 is 0 Å². The maximum Gasteiger partial charge on any atom is 0.0964 e. The predicted molar refractivity (Wildman–Crippen MR) is 78.4 cm³/mol. The molecule has 0 aliphatic carbocycles. The Balaban J connectivity index is 1.53. The van der Waals surface area contributed by atoms with Gasteiger partial charge in [-0.15, -0.1) is 5.10 Å². The molecule has 0 radical (unpaired) electrons. The second-order valence-corrected chi connectivity index (χ2v) is 6.65. The van der Waals surface area contributed by atoms with Gasteiger partial charge in [0.2, 0.25) is 0 Å². The molecule has 6 heteroatoms. The molecular weight excluding hydrogens is 258 g/mol. The van der Waals surface area contributed by atoms with E-state index in [9.17, 15) is 0 Å². The summed E-state index contributed by atoms with van der Waals surface area (Å²) in [5.41, 5.74) is 1.04. The third kappa shape index (κ3) is 3.12. The standard InChI is InChI=1S/C13H23N5S/c1-14-8-11-9-18(16-15-11)12-2-5-17(6-3-12)13-4-7-19-10-13/h9,12-14H,2-8,10H2,1H3/t13-/m0/s1. The van der Waals surface area contributed by atoms with Crippen LogP contribution in [0.3, 0.4) is 0 Å². The van der Waals surface area contributed by atoms with E-state index >= 15 is 0 Å². The minimum Gasteiger partial charge on any atom is -0.314 e. The lowest BCUT2D eigenvalue weighted by Gasteiger charge is -2.35. The van der Waals surface area contributed by atoms with Gasteiger partial charge in [0.05, 0.1) is 17.9 Å². The Labute approximate surface area is 119 Å². The Morgan fingerprint density at radius 3 is 2.84 bits per heavy atom. The molecule has 0 saturated carbocycles. The van der Waals surface area contributed by atoms with E-state index in [2.05, 4.69) is 43.2 Å². The summed E-state index contributed by atoms with van der Waals surface area (Å²) < 4.78 is 2.08. The van der Waals surface area contributed by atoms with Crippen molar-refractivity contribution < 1.29 is 0 Å².